The third kappa shape index (κ3) is 1.54. The lowest BCUT2D eigenvalue weighted by atomic mass is 9.78. The summed E-state index contributed by atoms with van der Waals surface area (Å²) in [5.74, 6) is 0.716. The lowest BCUT2D eigenvalue weighted by molar-refractivity contribution is -0.139. The average Bonchev–Trinajstić information content (AvgIpc) is 2.47. The number of hydrogen-bond acceptors (Lipinski definition) is 3. The Kier molecular flexibility index (Phi) is 2.75. The third-order valence-corrected chi connectivity index (χ3v) is 5.27. The van der Waals surface area contributed by atoms with Crippen LogP contribution in [0.2, 0.25) is 0 Å². The lowest BCUT2D eigenvalue weighted by Gasteiger charge is -2.42. The van der Waals surface area contributed by atoms with Crippen LogP contribution >= 0.6 is 11.8 Å². The fraction of sp³-hybridized carbons (Fsp3) is 0.900. The number of rotatable bonds is 3. The highest BCUT2D eigenvalue weighted by Gasteiger charge is 2.47. The second-order valence-electron chi connectivity index (χ2n) is 4.22. The van der Waals surface area contributed by atoms with Crippen LogP contribution < -0.4 is 5.32 Å². The van der Waals surface area contributed by atoms with Gasteiger partial charge >= 0.3 is 5.97 Å². The highest BCUT2D eigenvalue weighted by Crippen LogP contribution is 2.47. The van der Waals surface area contributed by atoms with Gasteiger partial charge in [0, 0.05) is 5.75 Å². The maximum absolute atomic E-state index is 10.9. The van der Waals surface area contributed by atoms with Gasteiger partial charge in [0.05, 0.1) is 4.87 Å². The lowest BCUT2D eigenvalue weighted by Crippen LogP contribution is -2.51. The summed E-state index contributed by atoms with van der Waals surface area (Å²) in [6, 6.07) is -0.333. The predicted molar refractivity (Wildman–Crippen MR) is 57.4 cm³/mol. The Labute approximate surface area is 88.6 Å². The van der Waals surface area contributed by atoms with Crippen LogP contribution in [0, 0.1) is 5.92 Å². The molecule has 0 amide bonds. The van der Waals surface area contributed by atoms with Gasteiger partial charge in [-0.25, -0.2) is 0 Å². The van der Waals surface area contributed by atoms with Gasteiger partial charge in [0.2, 0.25) is 0 Å². The van der Waals surface area contributed by atoms with E-state index in [1.54, 1.807) is 0 Å². The van der Waals surface area contributed by atoms with Crippen molar-refractivity contribution in [2.75, 3.05) is 5.75 Å². The molecule has 0 aromatic heterocycles. The molecule has 0 bridgehead atoms. The zero-order valence-corrected chi connectivity index (χ0v) is 9.27. The van der Waals surface area contributed by atoms with Crippen molar-refractivity contribution < 1.29 is 9.90 Å². The maximum Gasteiger partial charge on any atom is 0.321 e. The fourth-order valence-electron chi connectivity index (χ4n) is 2.35. The van der Waals surface area contributed by atoms with E-state index >= 15 is 0 Å². The van der Waals surface area contributed by atoms with Gasteiger partial charge in [-0.15, -0.1) is 11.8 Å². The molecule has 1 aliphatic carbocycles. The van der Waals surface area contributed by atoms with Crippen LogP contribution in [0.5, 0.6) is 0 Å². The molecule has 1 saturated carbocycles. The number of carbonyl (C=O) groups is 1. The second-order valence-corrected chi connectivity index (χ2v) is 5.57. The van der Waals surface area contributed by atoms with Gasteiger partial charge in [0.25, 0.3) is 0 Å². The predicted octanol–water partition coefficient (Wildman–Crippen LogP) is 1.68. The number of thioether (sulfide) groups is 1. The smallest absolute Gasteiger partial charge is 0.321 e. The van der Waals surface area contributed by atoms with E-state index < -0.39 is 5.97 Å². The first kappa shape index (κ1) is 10.3. The zero-order valence-electron chi connectivity index (χ0n) is 8.45. The summed E-state index contributed by atoms with van der Waals surface area (Å²) in [4.78, 5) is 10.9. The molecule has 0 aromatic carbocycles. The molecule has 1 aliphatic heterocycles. The van der Waals surface area contributed by atoms with Crippen molar-refractivity contribution in [3.8, 4) is 0 Å². The Morgan fingerprint density at radius 1 is 1.64 bits per heavy atom. The van der Waals surface area contributed by atoms with E-state index in [0.29, 0.717) is 5.92 Å². The number of carboxylic acids is 1. The number of nitrogens with one attached hydrogen (secondary N) is 1. The summed E-state index contributed by atoms with van der Waals surface area (Å²) in [6.07, 6.45) is 4.87. The molecule has 14 heavy (non-hydrogen) atoms. The van der Waals surface area contributed by atoms with Crippen molar-refractivity contribution in [2.45, 2.75) is 43.5 Å². The molecule has 1 heterocycles. The first-order valence-corrected chi connectivity index (χ1v) is 6.31. The van der Waals surface area contributed by atoms with Gasteiger partial charge in [-0.05, 0) is 25.2 Å². The molecule has 0 radical (unpaired) electrons. The van der Waals surface area contributed by atoms with Crippen molar-refractivity contribution in [2.24, 2.45) is 5.92 Å². The van der Waals surface area contributed by atoms with Crippen LogP contribution in [0.1, 0.15) is 32.6 Å². The molecule has 80 valence electrons. The van der Waals surface area contributed by atoms with Gasteiger partial charge in [-0.2, -0.15) is 0 Å². The Hall–Kier alpha value is -0.220. The highest BCUT2D eigenvalue weighted by molar-refractivity contribution is 8.01. The first-order valence-electron chi connectivity index (χ1n) is 5.32. The molecular weight excluding hydrogens is 198 g/mol. The van der Waals surface area contributed by atoms with Gasteiger partial charge < -0.3 is 5.11 Å². The van der Waals surface area contributed by atoms with Crippen LogP contribution in [0.3, 0.4) is 0 Å². The van der Waals surface area contributed by atoms with Crippen LogP contribution in [-0.2, 0) is 4.79 Å². The zero-order chi connectivity index (χ0) is 10.2. The Balaban J connectivity index is 2.04. The van der Waals surface area contributed by atoms with Crippen molar-refractivity contribution in [3.63, 3.8) is 0 Å². The monoisotopic (exact) mass is 215 g/mol. The fourth-order valence-corrected chi connectivity index (χ4v) is 3.94. The van der Waals surface area contributed by atoms with Crippen LogP contribution in [0.15, 0.2) is 0 Å². The minimum Gasteiger partial charge on any atom is -0.480 e. The summed E-state index contributed by atoms with van der Waals surface area (Å²) in [5, 5.41) is 12.3. The third-order valence-electron chi connectivity index (χ3n) is 3.51. The van der Waals surface area contributed by atoms with Gasteiger partial charge in [0.15, 0.2) is 0 Å². The number of aliphatic carboxylic acids is 1. The van der Waals surface area contributed by atoms with Crippen molar-refractivity contribution in [1.82, 2.24) is 5.32 Å². The topological polar surface area (TPSA) is 49.3 Å². The largest absolute Gasteiger partial charge is 0.480 e. The van der Waals surface area contributed by atoms with E-state index in [2.05, 4.69) is 12.2 Å². The summed E-state index contributed by atoms with van der Waals surface area (Å²) in [5.41, 5.74) is 0. The normalized spacial score (nSPS) is 38.2. The molecule has 4 heteroatoms. The quantitative estimate of drug-likeness (QED) is 0.752. The molecule has 1 unspecified atom stereocenters. The van der Waals surface area contributed by atoms with E-state index in [1.807, 2.05) is 11.8 Å². The Morgan fingerprint density at radius 3 is 2.71 bits per heavy atom. The van der Waals surface area contributed by atoms with Gasteiger partial charge in [0.1, 0.15) is 6.04 Å². The van der Waals surface area contributed by atoms with Crippen LogP contribution in [0.4, 0.5) is 0 Å². The van der Waals surface area contributed by atoms with E-state index in [9.17, 15) is 4.79 Å². The highest BCUT2D eigenvalue weighted by atomic mass is 32.2. The summed E-state index contributed by atoms with van der Waals surface area (Å²) < 4.78 is 0. The number of hydrogen-bond donors (Lipinski definition) is 2. The van der Waals surface area contributed by atoms with Crippen LogP contribution in [0.25, 0.3) is 0 Å². The summed E-state index contributed by atoms with van der Waals surface area (Å²) in [6.45, 7) is 2.16. The van der Waals surface area contributed by atoms with E-state index in [1.165, 1.54) is 19.3 Å². The van der Waals surface area contributed by atoms with Gasteiger partial charge in [-0.1, -0.05) is 13.3 Å². The summed E-state index contributed by atoms with van der Waals surface area (Å²) >= 11 is 1.82. The van der Waals surface area contributed by atoms with E-state index in [-0.39, 0.29) is 10.9 Å². The van der Waals surface area contributed by atoms with Gasteiger partial charge in [-0.3, -0.25) is 10.1 Å². The van der Waals surface area contributed by atoms with Crippen molar-refractivity contribution in [1.29, 1.82) is 0 Å². The van der Waals surface area contributed by atoms with Crippen molar-refractivity contribution in [3.05, 3.63) is 0 Å². The van der Waals surface area contributed by atoms with Crippen molar-refractivity contribution >= 4 is 17.7 Å². The SMILES string of the molecule is CCC1(C2CCC2)N[C@H](C(=O)O)CS1. The molecule has 3 nitrogen and oxygen atoms in total. The minimum atomic E-state index is -0.702. The Morgan fingerprint density at radius 2 is 2.36 bits per heavy atom. The summed E-state index contributed by atoms with van der Waals surface area (Å²) in [7, 11) is 0. The molecule has 0 spiro atoms. The second kappa shape index (κ2) is 3.74. The number of carboxylic acid groups (broad SMARTS) is 1. The molecule has 0 aromatic rings. The minimum absolute atomic E-state index is 0.0707. The van der Waals surface area contributed by atoms with Crippen LogP contribution in [-0.4, -0.2) is 27.7 Å². The first-order chi connectivity index (χ1) is 6.68. The van der Waals surface area contributed by atoms with E-state index in [4.69, 9.17) is 5.11 Å². The maximum atomic E-state index is 10.9. The Bertz CT molecular complexity index is 242. The molecule has 2 N–H and O–H groups in total. The standard InChI is InChI=1S/C10H17NO2S/c1-2-10(7-4-3-5-7)11-8(6-14-10)9(12)13/h7-8,11H,2-6H2,1H3,(H,12,13)/t8-,10?/m0/s1. The molecule has 1 saturated heterocycles. The molecule has 2 fully saturated rings. The van der Waals surface area contributed by atoms with E-state index in [0.717, 1.165) is 12.2 Å². The molecule has 2 rings (SSSR count). The molecule has 2 atom stereocenters. The average molecular weight is 215 g/mol. The molecule has 2 aliphatic rings. The molecular formula is C10H17NO2S.